The predicted molar refractivity (Wildman–Crippen MR) is 59.4 cm³/mol. The summed E-state index contributed by atoms with van der Waals surface area (Å²) in [6, 6.07) is 3.08. The predicted octanol–water partition coefficient (Wildman–Crippen LogP) is 2.10. The summed E-state index contributed by atoms with van der Waals surface area (Å²) in [5.41, 5.74) is 1.47. The average Bonchev–Trinajstić information content (AvgIpc) is 2.89. The Labute approximate surface area is 86.3 Å². The highest BCUT2D eigenvalue weighted by Crippen LogP contribution is 2.18. The molecule has 0 spiro atoms. The van der Waals surface area contributed by atoms with E-state index in [4.69, 9.17) is 0 Å². The van der Waals surface area contributed by atoms with Gasteiger partial charge < -0.3 is 9.88 Å². The smallest absolute Gasteiger partial charge is 0.0106 e. The summed E-state index contributed by atoms with van der Waals surface area (Å²) >= 11 is 0. The molecule has 1 aromatic heterocycles. The van der Waals surface area contributed by atoms with Crippen LogP contribution in [0.15, 0.2) is 18.5 Å². The van der Waals surface area contributed by atoms with Crippen molar-refractivity contribution in [2.75, 3.05) is 6.54 Å². The number of nitrogens with zero attached hydrogens (tertiary/aromatic N) is 1. The third-order valence-corrected chi connectivity index (χ3v) is 2.80. The molecular formula is C12H20N2. The molecule has 0 amide bonds. The molecule has 0 saturated heterocycles. The van der Waals surface area contributed by atoms with Crippen molar-refractivity contribution in [2.24, 2.45) is 7.05 Å². The highest BCUT2D eigenvalue weighted by molar-refractivity contribution is 5.09. The number of unbranched alkanes of at least 4 members (excludes halogenated alkanes) is 1. The topological polar surface area (TPSA) is 17.0 Å². The van der Waals surface area contributed by atoms with Crippen molar-refractivity contribution in [3.63, 3.8) is 0 Å². The summed E-state index contributed by atoms with van der Waals surface area (Å²) in [5, 5.41) is 3.54. The zero-order chi connectivity index (χ0) is 9.80. The quantitative estimate of drug-likeness (QED) is 0.683. The molecule has 1 heterocycles. The van der Waals surface area contributed by atoms with Gasteiger partial charge in [0, 0.05) is 25.5 Å². The van der Waals surface area contributed by atoms with E-state index in [2.05, 4.69) is 35.4 Å². The van der Waals surface area contributed by atoms with E-state index >= 15 is 0 Å². The van der Waals surface area contributed by atoms with Crippen LogP contribution in [0.25, 0.3) is 0 Å². The SMILES string of the molecule is Cn1ccc(CCCCNC2CC2)c1. The van der Waals surface area contributed by atoms with Crippen LogP contribution in [-0.4, -0.2) is 17.2 Å². The van der Waals surface area contributed by atoms with E-state index in [1.165, 1.54) is 44.2 Å². The van der Waals surface area contributed by atoms with Crippen molar-refractivity contribution in [2.45, 2.75) is 38.1 Å². The first-order valence-corrected chi connectivity index (χ1v) is 5.69. The summed E-state index contributed by atoms with van der Waals surface area (Å²) in [6.07, 6.45) is 11.0. The van der Waals surface area contributed by atoms with Gasteiger partial charge in [-0.1, -0.05) is 0 Å². The highest BCUT2D eigenvalue weighted by atomic mass is 14.9. The first-order chi connectivity index (χ1) is 6.84. The van der Waals surface area contributed by atoms with Crippen molar-refractivity contribution < 1.29 is 0 Å². The first kappa shape index (κ1) is 9.78. The third-order valence-electron chi connectivity index (χ3n) is 2.80. The van der Waals surface area contributed by atoms with E-state index in [1.807, 2.05) is 0 Å². The van der Waals surface area contributed by atoms with E-state index < -0.39 is 0 Å². The maximum absolute atomic E-state index is 3.54. The molecule has 0 radical (unpaired) electrons. The lowest BCUT2D eigenvalue weighted by Crippen LogP contribution is -2.17. The Morgan fingerprint density at radius 2 is 2.29 bits per heavy atom. The Bertz CT molecular complexity index is 274. The zero-order valence-electron chi connectivity index (χ0n) is 9.00. The fraction of sp³-hybridized carbons (Fsp3) is 0.667. The molecule has 1 aromatic rings. The van der Waals surface area contributed by atoms with Crippen molar-refractivity contribution in [1.82, 2.24) is 9.88 Å². The molecule has 1 aliphatic rings. The maximum atomic E-state index is 3.54. The fourth-order valence-electron chi connectivity index (χ4n) is 1.76. The van der Waals surface area contributed by atoms with Crippen LogP contribution in [0.3, 0.4) is 0 Å². The van der Waals surface area contributed by atoms with Crippen LogP contribution in [0.1, 0.15) is 31.2 Å². The van der Waals surface area contributed by atoms with Gasteiger partial charge in [0.2, 0.25) is 0 Å². The average molecular weight is 192 g/mol. The minimum atomic E-state index is 0.867. The van der Waals surface area contributed by atoms with Crippen molar-refractivity contribution >= 4 is 0 Å². The third kappa shape index (κ3) is 3.18. The Morgan fingerprint density at radius 1 is 1.43 bits per heavy atom. The standard InChI is InChI=1S/C12H20N2/c1-14-9-7-11(10-14)4-2-3-8-13-12-5-6-12/h7,9-10,12-13H,2-6,8H2,1H3. The summed E-state index contributed by atoms with van der Waals surface area (Å²) in [4.78, 5) is 0. The molecule has 2 nitrogen and oxygen atoms in total. The summed E-state index contributed by atoms with van der Waals surface area (Å²) in [5.74, 6) is 0. The molecule has 0 atom stereocenters. The van der Waals surface area contributed by atoms with Gasteiger partial charge >= 0.3 is 0 Å². The number of hydrogen-bond donors (Lipinski definition) is 1. The molecule has 78 valence electrons. The highest BCUT2D eigenvalue weighted by Gasteiger charge is 2.19. The van der Waals surface area contributed by atoms with Crippen molar-refractivity contribution in [1.29, 1.82) is 0 Å². The molecule has 0 aromatic carbocycles. The monoisotopic (exact) mass is 192 g/mol. The van der Waals surface area contributed by atoms with Gasteiger partial charge in [-0.3, -0.25) is 0 Å². The molecule has 0 bridgehead atoms. The van der Waals surface area contributed by atoms with Crippen molar-refractivity contribution in [3.05, 3.63) is 24.0 Å². The van der Waals surface area contributed by atoms with Gasteiger partial charge in [0.15, 0.2) is 0 Å². The zero-order valence-corrected chi connectivity index (χ0v) is 9.00. The molecule has 1 saturated carbocycles. The van der Waals surface area contributed by atoms with Crippen LogP contribution >= 0.6 is 0 Å². The molecule has 1 N–H and O–H groups in total. The van der Waals surface area contributed by atoms with E-state index in [9.17, 15) is 0 Å². The van der Waals surface area contributed by atoms with Gasteiger partial charge in [-0.25, -0.2) is 0 Å². The second-order valence-electron chi connectivity index (χ2n) is 4.37. The normalized spacial score (nSPS) is 16.1. The van der Waals surface area contributed by atoms with E-state index in [0.29, 0.717) is 0 Å². The van der Waals surface area contributed by atoms with Gasteiger partial charge in [0.1, 0.15) is 0 Å². The summed E-state index contributed by atoms with van der Waals surface area (Å²) in [7, 11) is 2.08. The minimum Gasteiger partial charge on any atom is -0.357 e. The lowest BCUT2D eigenvalue weighted by atomic mass is 10.1. The number of rotatable bonds is 6. The molecule has 0 aliphatic heterocycles. The van der Waals surface area contributed by atoms with Gasteiger partial charge in [0.25, 0.3) is 0 Å². The van der Waals surface area contributed by atoms with E-state index in [0.717, 1.165) is 6.04 Å². The molecule has 1 aliphatic carbocycles. The van der Waals surface area contributed by atoms with Gasteiger partial charge in [0.05, 0.1) is 0 Å². The second kappa shape index (κ2) is 4.65. The Morgan fingerprint density at radius 3 is 2.93 bits per heavy atom. The lowest BCUT2D eigenvalue weighted by Gasteiger charge is -2.01. The second-order valence-corrected chi connectivity index (χ2v) is 4.37. The Kier molecular flexibility index (Phi) is 3.25. The summed E-state index contributed by atoms with van der Waals surface area (Å²) in [6.45, 7) is 1.21. The van der Waals surface area contributed by atoms with E-state index in [1.54, 1.807) is 0 Å². The summed E-state index contributed by atoms with van der Waals surface area (Å²) < 4.78 is 2.12. The van der Waals surface area contributed by atoms with Gasteiger partial charge in [-0.05, 0) is 50.3 Å². The Balaban J connectivity index is 1.53. The lowest BCUT2D eigenvalue weighted by molar-refractivity contribution is 0.619. The van der Waals surface area contributed by atoms with Crippen LogP contribution in [0.2, 0.25) is 0 Å². The van der Waals surface area contributed by atoms with Crippen LogP contribution in [0, 0.1) is 0 Å². The molecule has 14 heavy (non-hydrogen) atoms. The van der Waals surface area contributed by atoms with Crippen molar-refractivity contribution in [3.8, 4) is 0 Å². The van der Waals surface area contributed by atoms with Gasteiger partial charge in [-0.2, -0.15) is 0 Å². The van der Waals surface area contributed by atoms with Gasteiger partial charge in [-0.15, -0.1) is 0 Å². The van der Waals surface area contributed by atoms with Crippen LogP contribution in [-0.2, 0) is 13.5 Å². The minimum absolute atomic E-state index is 0.867. The van der Waals surface area contributed by atoms with Crippen LogP contribution in [0.5, 0.6) is 0 Å². The largest absolute Gasteiger partial charge is 0.357 e. The number of aryl methyl sites for hydroxylation is 2. The molecule has 1 fully saturated rings. The molecular weight excluding hydrogens is 172 g/mol. The molecule has 2 heteroatoms. The first-order valence-electron chi connectivity index (χ1n) is 5.69. The number of hydrogen-bond acceptors (Lipinski definition) is 1. The molecule has 2 rings (SSSR count). The number of nitrogens with one attached hydrogen (secondary N) is 1. The molecule has 0 unspecified atom stereocenters. The maximum Gasteiger partial charge on any atom is 0.0106 e. The Hall–Kier alpha value is -0.760. The number of aromatic nitrogens is 1. The van der Waals surface area contributed by atoms with Crippen LogP contribution in [0.4, 0.5) is 0 Å². The van der Waals surface area contributed by atoms with E-state index in [-0.39, 0.29) is 0 Å². The van der Waals surface area contributed by atoms with Crippen LogP contribution < -0.4 is 5.32 Å². The fourth-order valence-corrected chi connectivity index (χ4v) is 1.76.